The fraction of sp³-hybridized carbons (Fsp3) is 0.474. The molecule has 0 heterocycles. The fourth-order valence-electron chi connectivity index (χ4n) is 2.76. The third-order valence-electron chi connectivity index (χ3n) is 4.08. The molecule has 0 bridgehead atoms. The maximum atomic E-state index is 11.9. The molecule has 0 unspecified atom stereocenters. The molecule has 1 aliphatic rings. The second-order valence-corrected chi connectivity index (χ2v) is 5.91. The summed E-state index contributed by atoms with van der Waals surface area (Å²) in [4.78, 5) is 11.9. The van der Waals surface area contributed by atoms with Crippen LogP contribution < -0.4 is 20.2 Å². The maximum absolute atomic E-state index is 11.9. The smallest absolute Gasteiger partial charge is 0.254 e. The molecule has 0 aromatic heterocycles. The van der Waals surface area contributed by atoms with Gasteiger partial charge in [-0.05, 0) is 31.0 Å². The summed E-state index contributed by atoms with van der Waals surface area (Å²) in [5, 5.41) is 7.27. The maximum Gasteiger partial charge on any atom is 0.254 e. The number of hydrazone groups is 1. The SMILES string of the molecule is C#CCOc1ccc(OC)cc1/C=N\NC(=O)CNC1CCCCC1. The van der Waals surface area contributed by atoms with E-state index in [9.17, 15) is 4.79 Å². The minimum absolute atomic E-state index is 0.158. The van der Waals surface area contributed by atoms with Crippen LogP contribution in [0.4, 0.5) is 0 Å². The van der Waals surface area contributed by atoms with Crippen LogP contribution in [0.15, 0.2) is 23.3 Å². The predicted molar refractivity (Wildman–Crippen MR) is 97.9 cm³/mol. The number of carbonyl (C=O) groups is 1. The zero-order valence-corrected chi connectivity index (χ0v) is 14.6. The van der Waals surface area contributed by atoms with Crippen LogP contribution in [-0.2, 0) is 4.79 Å². The minimum atomic E-state index is -0.171. The Balaban J connectivity index is 1.86. The van der Waals surface area contributed by atoms with Gasteiger partial charge >= 0.3 is 0 Å². The number of carbonyl (C=O) groups excluding carboxylic acids is 1. The van der Waals surface area contributed by atoms with Crippen molar-refractivity contribution in [2.75, 3.05) is 20.3 Å². The number of methoxy groups -OCH3 is 1. The van der Waals surface area contributed by atoms with Crippen molar-refractivity contribution >= 4 is 12.1 Å². The van der Waals surface area contributed by atoms with Crippen molar-refractivity contribution in [3.8, 4) is 23.8 Å². The Morgan fingerprint density at radius 3 is 2.92 bits per heavy atom. The molecule has 134 valence electrons. The largest absolute Gasteiger partial charge is 0.497 e. The molecule has 1 saturated carbocycles. The Morgan fingerprint density at radius 1 is 1.40 bits per heavy atom. The monoisotopic (exact) mass is 343 g/mol. The Morgan fingerprint density at radius 2 is 2.20 bits per heavy atom. The standard InChI is InChI=1S/C19H25N3O3/c1-3-11-25-18-10-9-17(24-2)12-15(18)13-21-22-19(23)14-20-16-7-5-4-6-8-16/h1,9-10,12-13,16,20H,4-8,11,14H2,2H3,(H,22,23)/b21-13-. The van der Waals surface area contributed by atoms with Crippen molar-refractivity contribution in [1.29, 1.82) is 0 Å². The highest BCUT2D eigenvalue weighted by atomic mass is 16.5. The second kappa shape index (κ2) is 10.4. The number of ether oxygens (including phenoxy) is 2. The molecule has 1 fully saturated rings. The lowest BCUT2D eigenvalue weighted by molar-refractivity contribution is -0.120. The average molecular weight is 343 g/mol. The molecule has 1 aliphatic carbocycles. The highest BCUT2D eigenvalue weighted by Gasteiger charge is 2.13. The molecule has 1 aromatic carbocycles. The molecule has 0 aliphatic heterocycles. The molecule has 0 radical (unpaired) electrons. The second-order valence-electron chi connectivity index (χ2n) is 5.91. The van der Waals surface area contributed by atoms with Gasteiger partial charge in [-0.2, -0.15) is 5.10 Å². The summed E-state index contributed by atoms with van der Waals surface area (Å²) in [6.45, 7) is 0.422. The molecular formula is C19H25N3O3. The highest BCUT2D eigenvalue weighted by molar-refractivity contribution is 5.86. The number of hydrogen-bond acceptors (Lipinski definition) is 5. The highest BCUT2D eigenvalue weighted by Crippen LogP contribution is 2.22. The van der Waals surface area contributed by atoms with Crippen LogP contribution in [0.5, 0.6) is 11.5 Å². The zero-order chi connectivity index (χ0) is 17.9. The van der Waals surface area contributed by atoms with Gasteiger partial charge in [-0.3, -0.25) is 4.79 Å². The van der Waals surface area contributed by atoms with E-state index >= 15 is 0 Å². The van der Waals surface area contributed by atoms with Gasteiger partial charge < -0.3 is 14.8 Å². The molecule has 6 nitrogen and oxygen atoms in total. The molecule has 2 rings (SSSR count). The number of hydrogen-bond donors (Lipinski definition) is 2. The van der Waals surface area contributed by atoms with E-state index in [0.29, 0.717) is 23.1 Å². The van der Waals surface area contributed by atoms with Crippen molar-refractivity contribution in [3.63, 3.8) is 0 Å². The number of rotatable bonds is 8. The van der Waals surface area contributed by atoms with Gasteiger partial charge in [0.05, 0.1) is 19.9 Å². The van der Waals surface area contributed by atoms with Crippen molar-refractivity contribution in [2.24, 2.45) is 5.10 Å². The van der Waals surface area contributed by atoms with Gasteiger partial charge in [0, 0.05) is 11.6 Å². The van der Waals surface area contributed by atoms with Crippen molar-refractivity contribution in [1.82, 2.24) is 10.7 Å². The van der Waals surface area contributed by atoms with Gasteiger partial charge in [0.1, 0.15) is 18.1 Å². The molecule has 0 saturated heterocycles. The van der Waals surface area contributed by atoms with Gasteiger partial charge in [-0.25, -0.2) is 5.43 Å². The van der Waals surface area contributed by atoms with Crippen LogP contribution in [0.25, 0.3) is 0 Å². The van der Waals surface area contributed by atoms with E-state index in [4.69, 9.17) is 15.9 Å². The third-order valence-corrected chi connectivity index (χ3v) is 4.08. The quantitative estimate of drug-likeness (QED) is 0.431. The molecule has 25 heavy (non-hydrogen) atoms. The summed E-state index contributed by atoms with van der Waals surface area (Å²) in [5.74, 6) is 3.49. The van der Waals surface area contributed by atoms with E-state index in [0.717, 1.165) is 12.8 Å². The van der Waals surface area contributed by atoms with Crippen molar-refractivity contribution < 1.29 is 14.3 Å². The van der Waals surface area contributed by atoms with E-state index in [1.807, 2.05) is 0 Å². The third kappa shape index (κ3) is 6.48. The average Bonchev–Trinajstić information content (AvgIpc) is 2.66. The van der Waals surface area contributed by atoms with E-state index in [-0.39, 0.29) is 19.1 Å². The van der Waals surface area contributed by atoms with E-state index in [1.165, 1.54) is 25.5 Å². The first-order valence-corrected chi connectivity index (χ1v) is 8.52. The van der Waals surface area contributed by atoms with Gasteiger partial charge in [-0.1, -0.05) is 25.2 Å². The van der Waals surface area contributed by atoms with Gasteiger partial charge in [0.25, 0.3) is 5.91 Å². The van der Waals surface area contributed by atoms with Gasteiger partial charge in [-0.15, -0.1) is 6.42 Å². The Hall–Kier alpha value is -2.52. The summed E-state index contributed by atoms with van der Waals surface area (Å²) < 4.78 is 10.7. The first kappa shape index (κ1) is 18.8. The fourth-order valence-corrected chi connectivity index (χ4v) is 2.76. The molecule has 1 aromatic rings. The summed E-state index contributed by atoms with van der Waals surface area (Å²) in [5.41, 5.74) is 3.20. The van der Waals surface area contributed by atoms with E-state index in [2.05, 4.69) is 21.8 Å². The number of nitrogens with zero attached hydrogens (tertiary/aromatic N) is 1. The van der Waals surface area contributed by atoms with E-state index in [1.54, 1.807) is 25.3 Å². The van der Waals surface area contributed by atoms with Crippen LogP contribution in [0, 0.1) is 12.3 Å². The van der Waals surface area contributed by atoms with Gasteiger partial charge in [0.2, 0.25) is 0 Å². The van der Waals surface area contributed by atoms with Crippen LogP contribution in [-0.4, -0.2) is 38.4 Å². The summed E-state index contributed by atoms with van der Waals surface area (Å²) >= 11 is 0. The minimum Gasteiger partial charge on any atom is -0.497 e. The van der Waals surface area contributed by atoms with Crippen LogP contribution in [0.2, 0.25) is 0 Å². The van der Waals surface area contributed by atoms with Crippen LogP contribution >= 0.6 is 0 Å². The van der Waals surface area contributed by atoms with E-state index < -0.39 is 0 Å². The number of amides is 1. The number of terminal acetylenes is 1. The number of benzene rings is 1. The Kier molecular flexibility index (Phi) is 7.80. The molecule has 0 atom stereocenters. The molecule has 0 spiro atoms. The molecule has 1 amide bonds. The van der Waals surface area contributed by atoms with Crippen molar-refractivity contribution in [3.05, 3.63) is 23.8 Å². The van der Waals surface area contributed by atoms with Crippen molar-refractivity contribution in [2.45, 2.75) is 38.1 Å². The summed E-state index contributed by atoms with van der Waals surface area (Å²) in [6.07, 6.45) is 12.8. The summed E-state index contributed by atoms with van der Waals surface area (Å²) in [6, 6.07) is 5.73. The zero-order valence-electron chi connectivity index (χ0n) is 14.6. The first-order chi connectivity index (χ1) is 12.2. The molecule has 6 heteroatoms. The summed E-state index contributed by atoms with van der Waals surface area (Å²) in [7, 11) is 1.58. The lowest BCUT2D eigenvalue weighted by Crippen LogP contribution is -2.38. The topological polar surface area (TPSA) is 72.0 Å². The number of nitrogens with one attached hydrogen (secondary N) is 2. The molecular weight excluding hydrogens is 318 g/mol. The van der Waals surface area contributed by atoms with Crippen LogP contribution in [0.3, 0.4) is 0 Å². The lowest BCUT2D eigenvalue weighted by atomic mass is 9.95. The molecule has 2 N–H and O–H groups in total. The normalized spacial score (nSPS) is 14.9. The Bertz CT molecular complexity index is 631. The first-order valence-electron chi connectivity index (χ1n) is 8.52. The predicted octanol–water partition coefficient (Wildman–Crippen LogP) is 2.08. The Labute approximate surface area is 149 Å². The lowest BCUT2D eigenvalue weighted by Gasteiger charge is -2.22. The van der Waals surface area contributed by atoms with Crippen LogP contribution in [0.1, 0.15) is 37.7 Å². The van der Waals surface area contributed by atoms with Gasteiger partial charge in [0.15, 0.2) is 0 Å².